The molecule has 1 aromatic carbocycles. The lowest BCUT2D eigenvalue weighted by molar-refractivity contribution is 0.0908. The molecule has 2 unspecified atom stereocenters. The summed E-state index contributed by atoms with van der Waals surface area (Å²) in [5.74, 6) is 0.238. The number of hydrogen-bond donors (Lipinski definition) is 2. The van der Waals surface area contributed by atoms with E-state index in [2.05, 4.69) is 5.32 Å². The third-order valence-electron chi connectivity index (χ3n) is 3.65. The Morgan fingerprint density at radius 1 is 1.21 bits per heavy atom. The Morgan fingerprint density at radius 3 is 2.47 bits per heavy atom. The fourth-order valence-electron chi connectivity index (χ4n) is 2.62. The molecule has 3 nitrogen and oxygen atoms in total. The van der Waals surface area contributed by atoms with Crippen molar-refractivity contribution >= 4 is 29.1 Å². The van der Waals surface area contributed by atoms with Gasteiger partial charge in [-0.1, -0.05) is 36.0 Å². The Bertz CT molecular complexity index is 445. The Kier molecular flexibility index (Phi) is 5.08. The van der Waals surface area contributed by atoms with E-state index in [4.69, 9.17) is 28.9 Å². The van der Waals surface area contributed by atoms with Gasteiger partial charge in [0, 0.05) is 21.7 Å². The topological polar surface area (TPSA) is 55.1 Å². The summed E-state index contributed by atoms with van der Waals surface area (Å²) in [7, 11) is 0. The molecule has 1 amide bonds. The molecule has 1 aliphatic carbocycles. The van der Waals surface area contributed by atoms with E-state index in [0.717, 1.165) is 19.3 Å². The molecular formula is C14H18Cl2N2O. The Labute approximate surface area is 123 Å². The first kappa shape index (κ1) is 14.6. The van der Waals surface area contributed by atoms with Crippen molar-refractivity contribution in [2.24, 2.45) is 11.7 Å². The monoisotopic (exact) mass is 300 g/mol. The second-order valence-corrected chi connectivity index (χ2v) is 5.89. The molecule has 0 bridgehead atoms. The van der Waals surface area contributed by atoms with Crippen molar-refractivity contribution in [3.63, 3.8) is 0 Å². The van der Waals surface area contributed by atoms with Gasteiger partial charge in [-0.05, 0) is 43.5 Å². The van der Waals surface area contributed by atoms with E-state index in [0.29, 0.717) is 28.1 Å². The van der Waals surface area contributed by atoms with Crippen LogP contribution in [0.2, 0.25) is 10.0 Å². The maximum absolute atomic E-state index is 12.2. The smallest absolute Gasteiger partial charge is 0.251 e. The number of halogens is 2. The molecule has 0 aromatic heterocycles. The summed E-state index contributed by atoms with van der Waals surface area (Å²) in [6.07, 6.45) is 4.40. The van der Waals surface area contributed by atoms with E-state index < -0.39 is 0 Å². The van der Waals surface area contributed by atoms with Crippen LogP contribution in [0.15, 0.2) is 18.2 Å². The standard InChI is InChI=1S/C14H18Cl2N2O/c15-11-5-10(6-12(16)7-11)14(19)18-13-4-2-1-3-9(13)8-17/h5-7,9,13H,1-4,8,17H2,(H,18,19). The van der Waals surface area contributed by atoms with Gasteiger partial charge in [-0.3, -0.25) is 4.79 Å². The summed E-state index contributed by atoms with van der Waals surface area (Å²) in [6.45, 7) is 0.612. The number of amides is 1. The van der Waals surface area contributed by atoms with Crippen molar-refractivity contribution in [1.29, 1.82) is 0 Å². The lowest BCUT2D eigenvalue weighted by atomic mass is 9.84. The average molecular weight is 301 g/mol. The predicted molar refractivity (Wildman–Crippen MR) is 78.7 cm³/mol. The molecule has 1 aliphatic rings. The van der Waals surface area contributed by atoms with Gasteiger partial charge < -0.3 is 11.1 Å². The van der Waals surface area contributed by atoms with Crippen LogP contribution in [0, 0.1) is 5.92 Å². The number of rotatable bonds is 3. The summed E-state index contributed by atoms with van der Waals surface area (Å²) in [6, 6.07) is 5.03. The Balaban J connectivity index is 2.07. The number of benzene rings is 1. The van der Waals surface area contributed by atoms with Gasteiger partial charge in [-0.2, -0.15) is 0 Å². The molecule has 3 N–H and O–H groups in total. The summed E-state index contributed by atoms with van der Waals surface area (Å²) >= 11 is 11.8. The first-order chi connectivity index (χ1) is 9.10. The van der Waals surface area contributed by atoms with E-state index in [1.165, 1.54) is 6.42 Å². The van der Waals surface area contributed by atoms with Crippen LogP contribution in [-0.4, -0.2) is 18.5 Å². The average Bonchev–Trinajstić information content (AvgIpc) is 2.38. The molecule has 1 saturated carbocycles. The number of hydrogen-bond acceptors (Lipinski definition) is 2. The highest BCUT2D eigenvalue weighted by atomic mass is 35.5. The van der Waals surface area contributed by atoms with Gasteiger partial charge in [0.15, 0.2) is 0 Å². The maximum atomic E-state index is 12.2. The summed E-state index contributed by atoms with van der Waals surface area (Å²) in [5.41, 5.74) is 6.26. The van der Waals surface area contributed by atoms with Gasteiger partial charge in [0.2, 0.25) is 0 Å². The third-order valence-corrected chi connectivity index (χ3v) is 4.09. The third kappa shape index (κ3) is 3.85. The molecule has 0 heterocycles. The molecule has 2 atom stereocenters. The number of nitrogens with one attached hydrogen (secondary N) is 1. The Hall–Kier alpha value is -0.770. The minimum absolute atomic E-state index is 0.130. The van der Waals surface area contributed by atoms with Gasteiger partial charge in [0.25, 0.3) is 5.91 Å². The Morgan fingerprint density at radius 2 is 1.84 bits per heavy atom. The zero-order valence-corrected chi connectivity index (χ0v) is 12.2. The highest BCUT2D eigenvalue weighted by molar-refractivity contribution is 6.35. The van der Waals surface area contributed by atoms with Crippen LogP contribution in [0.4, 0.5) is 0 Å². The fraction of sp³-hybridized carbons (Fsp3) is 0.500. The molecule has 1 aromatic rings. The van der Waals surface area contributed by atoms with Crippen LogP contribution in [0.3, 0.4) is 0 Å². The molecule has 5 heteroatoms. The van der Waals surface area contributed by atoms with Crippen LogP contribution in [0.5, 0.6) is 0 Å². The van der Waals surface area contributed by atoms with Gasteiger partial charge in [0.05, 0.1) is 0 Å². The first-order valence-corrected chi connectivity index (χ1v) is 7.33. The van der Waals surface area contributed by atoms with E-state index >= 15 is 0 Å². The molecule has 0 saturated heterocycles. The minimum atomic E-state index is -0.130. The molecule has 1 fully saturated rings. The van der Waals surface area contributed by atoms with Crippen molar-refractivity contribution in [2.75, 3.05) is 6.54 Å². The van der Waals surface area contributed by atoms with Crippen molar-refractivity contribution in [3.05, 3.63) is 33.8 Å². The molecule has 0 spiro atoms. The summed E-state index contributed by atoms with van der Waals surface area (Å²) in [4.78, 5) is 12.2. The van der Waals surface area contributed by atoms with Crippen molar-refractivity contribution in [1.82, 2.24) is 5.32 Å². The molecule has 19 heavy (non-hydrogen) atoms. The zero-order chi connectivity index (χ0) is 13.8. The molecular weight excluding hydrogens is 283 g/mol. The molecule has 2 rings (SSSR count). The number of carbonyl (C=O) groups is 1. The van der Waals surface area contributed by atoms with Crippen LogP contribution in [-0.2, 0) is 0 Å². The quantitative estimate of drug-likeness (QED) is 0.900. The minimum Gasteiger partial charge on any atom is -0.349 e. The van der Waals surface area contributed by atoms with Crippen molar-refractivity contribution in [2.45, 2.75) is 31.7 Å². The summed E-state index contributed by atoms with van der Waals surface area (Å²) < 4.78 is 0. The zero-order valence-electron chi connectivity index (χ0n) is 10.7. The second kappa shape index (κ2) is 6.60. The van der Waals surface area contributed by atoms with E-state index in [1.54, 1.807) is 18.2 Å². The van der Waals surface area contributed by atoms with Crippen LogP contribution < -0.4 is 11.1 Å². The van der Waals surface area contributed by atoms with Crippen LogP contribution in [0.1, 0.15) is 36.0 Å². The fourth-order valence-corrected chi connectivity index (χ4v) is 3.14. The van der Waals surface area contributed by atoms with Crippen LogP contribution in [0.25, 0.3) is 0 Å². The normalized spacial score (nSPS) is 23.1. The van der Waals surface area contributed by atoms with Gasteiger partial charge >= 0.3 is 0 Å². The van der Waals surface area contributed by atoms with Gasteiger partial charge in [0.1, 0.15) is 0 Å². The SMILES string of the molecule is NCC1CCCCC1NC(=O)c1cc(Cl)cc(Cl)c1. The lowest BCUT2D eigenvalue weighted by Gasteiger charge is -2.31. The lowest BCUT2D eigenvalue weighted by Crippen LogP contribution is -2.44. The van der Waals surface area contributed by atoms with Gasteiger partial charge in [-0.25, -0.2) is 0 Å². The second-order valence-electron chi connectivity index (χ2n) is 5.02. The highest BCUT2D eigenvalue weighted by Gasteiger charge is 2.25. The van der Waals surface area contributed by atoms with Gasteiger partial charge in [-0.15, -0.1) is 0 Å². The summed E-state index contributed by atoms with van der Waals surface area (Å²) in [5, 5.41) is 3.99. The predicted octanol–water partition coefficient (Wildman–Crippen LogP) is 3.24. The largest absolute Gasteiger partial charge is 0.349 e. The first-order valence-electron chi connectivity index (χ1n) is 6.57. The van der Waals surface area contributed by atoms with Crippen LogP contribution >= 0.6 is 23.2 Å². The molecule has 0 radical (unpaired) electrons. The number of carbonyl (C=O) groups excluding carboxylic acids is 1. The van der Waals surface area contributed by atoms with Crippen molar-refractivity contribution in [3.8, 4) is 0 Å². The van der Waals surface area contributed by atoms with E-state index in [9.17, 15) is 4.79 Å². The van der Waals surface area contributed by atoms with E-state index in [-0.39, 0.29) is 11.9 Å². The molecule has 104 valence electrons. The van der Waals surface area contributed by atoms with E-state index in [1.807, 2.05) is 0 Å². The maximum Gasteiger partial charge on any atom is 0.251 e. The highest BCUT2D eigenvalue weighted by Crippen LogP contribution is 2.24. The number of nitrogens with two attached hydrogens (primary N) is 1. The van der Waals surface area contributed by atoms with Crippen molar-refractivity contribution < 1.29 is 4.79 Å². The molecule has 0 aliphatic heterocycles.